The summed E-state index contributed by atoms with van der Waals surface area (Å²) >= 11 is 3.39. The van der Waals surface area contributed by atoms with Crippen molar-refractivity contribution in [3.63, 3.8) is 0 Å². The van der Waals surface area contributed by atoms with Crippen molar-refractivity contribution in [1.29, 1.82) is 0 Å². The van der Waals surface area contributed by atoms with Gasteiger partial charge in [-0.2, -0.15) is 0 Å². The summed E-state index contributed by atoms with van der Waals surface area (Å²) in [5, 5.41) is 6.27. The first-order valence-corrected chi connectivity index (χ1v) is 6.34. The summed E-state index contributed by atoms with van der Waals surface area (Å²) in [6.45, 7) is 0. The molecule has 1 unspecified atom stereocenters. The molecule has 0 aromatic heterocycles. The maximum absolute atomic E-state index is 11.9. The molecule has 1 saturated carbocycles. The van der Waals surface area contributed by atoms with Crippen LogP contribution in [0.15, 0.2) is 28.7 Å². The van der Waals surface area contributed by atoms with Crippen LogP contribution in [0.4, 0.5) is 5.69 Å². The van der Waals surface area contributed by atoms with Crippen molar-refractivity contribution in [2.45, 2.75) is 24.9 Å². The van der Waals surface area contributed by atoms with Crippen molar-refractivity contribution < 1.29 is 4.79 Å². The third kappa shape index (κ3) is 1.99. The van der Waals surface area contributed by atoms with E-state index in [0.29, 0.717) is 6.04 Å². The predicted octanol–water partition coefficient (Wildman–Crippen LogP) is 2.14. The fourth-order valence-electron chi connectivity index (χ4n) is 2.32. The molecule has 1 aromatic rings. The van der Waals surface area contributed by atoms with E-state index in [2.05, 4.69) is 26.6 Å². The van der Waals surface area contributed by atoms with Gasteiger partial charge in [-0.05, 0) is 37.0 Å². The molecule has 2 aliphatic rings. The van der Waals surface area contributed by atoms with Gasteiger partial charge in [0.2, 0.25) is 5.91 Å². The number of benzene rings is 1. The zero-order valence-corrected chi connectivity index (χ0v) is 10.3. The minimum atomic E-state index is 0.00253. The second-order valence-corrected chi connectivity index (χ2v) is 5.47. The van der Waals surface area contributed by atoms with Gasteiger partial charge in [-0.1, -0.05) is 22.0 Å². The maximum atomic E-state index is 11.9. The quantitative estimate of drug-likeness (QED) is 0.872. The second kappa shape index (κ2) is 3.86. The molecule has 1 aromatic carbocycles. The van der Waals surface area contributed by atoms with Crippen LogP contribution in [-0.4, -0.2) is 18.0 Å². The lowest BCUT2D eigenvalue weighted by molar-refractivity contribution is -0.118. The molecule has 2 N–H and O–H groups in total. The van der Waals surface area contributed by atoms with E-state index in [-0.39, 0.29) is 11.9 Å². The van der Waals surface area contributed by atoms with Gasteiger partial charge >= 0.3 is 0 Å². The summed E-state index contributed by atoms with van der Waals surface area (Å²) in [5.41, 5.74) is 0.849. The molecule has 84 valence electrons. The van der Waals surface area contributed by atoms with Gasteiger partial charge in [0.15, 0.2) is 0 Å². The Kier molecular flexibility index (Phi) is 2.48. The van der Waals surface area contributed by atoms with E-state index >= 15 is 0 Å². The van der Waals surface area contributed by atoms with Crippen LogP contribution in [0.5, 0.6) is 0 Å². The number of hydrogen-bond donors (Lipinski definition) is 2. The summed E-state index contributed by atoms with van der Waals surface area (Å²) in [5.74, 6) is 0.837. The first kappa shape index (κ1) is 10.3. The van der Waals surface area contributed by atoms with E-state index in [1.165, 1.54) is 6.42 Å². The van der Waals surface area contributed by atoms with Crippen LogP contribution in [0.3, 0.4) is 0 Å². The van der Waals surface area contributed by atoms with Gasteiger partial charge in [-0.3, -0.25) is 4.79 Å². The van der Waals surface area contributed by atoms with Crippen LogP contribution < -0.4 is 10.6 Å². The Morgan fingerprint density at radius 3 is 3.00 bits per heavy atom. The normalized spacial score (nSPS) is 30.9. The largest absolute Gasteiger partial charge is 0.325 e. The molecule has 1 aliphatic heterocycles. The highest BCUT2D eigenvalue weighted by atomic mass is 79.9. The molecule has 0 bridgehead atoms. The molecule has 0 radical (unpaired) electrons. The SMILES string of the molecule is O=C(Nc1cccc(Br)c1)[C@@H]1C[C@H]2CC2N1. The molecule has 3 rings (SSSR count). The summed E-state index contributed by atoms with van der Waals surface area (Å²) in [7, 11) is 0. The first-order chi connectivity index (χ1) is 7.72. The summed E-state index contributed by atoms with van der Waals surface area (Å²) in [6.07, 6.45) is 2.24. The molecular weight excluding hydrogens is 268 g/mol. The number of fused-ring (bicyclic) bond motifs is 1. The van der Waals surface area contributed by atoms with Crippen molar-refractivity contribution in [1.82, 2.24) is 5.32 Å². The fourth-order valence-corrected chi connectivity index (χ4v) is 2.72. The molecule has 4 heteroatoms. The zero-order valence-electron chi connectivity index (χ0n) is 8.74. The summed E-state index contributed by atoms with van der Waals surface area (Å²) in [6, 6.07) is 8.28. The second-order valence-electron chi connectivity index (χ2n) is 4.56. The number of rotatable bonds is 2. The van der Waals surface area contributed by atoms with Crippen molar-refractivity contribution >= 4 is 27.5 Å². The van der Waals surface area contributed by atoms with E-state index in [9.17, 15) is 4.79 Å². The number of halogens is 1. The Hall–Kier alpha value is -0.870. The lowest BCUT2D eigenvalue weighted by Gasteiger charge is -2.13. The Balaban J connectivity index is 1.64. The Morgan fingerprint density at radius 1 is 1.44 bits per heavy atom. The van der Waals surface area contributed by atoms with Gasteiger partial charge in [-0.25, -0.2) is 0 Å². The number of nitrogens with one attached hydrogen (secondary N) is 2. The predicted molar refractivity (Wildman–Crippen MR) is 66.2 cm³/mol. The van der Waals surface area contributed by atoms with Gasteiger partial charge < -0.3 is 10.6 Å². The van der Waals surface area contributed by atoms with Gasteiger partial charge in [0, 0.05) is 16.2 Å². The average molecular weight is 281 g/mol. The van der Waals surface area contributed by atoms with Crippen molar-refractivity contribution in [2.24, 2.45) is 5.92 Å². The lowest BCUT2D eigenvalue weighted by Crippen LogP contribution is -2.37. The first-order valence-electron chi connectivity index (χ1n) is 5.55. The molecular formula is C12H13BrN2O. The molecule has 0 spiro atoms. The van der Waals surface area contributed by atoms with Gasteiger partial charge in [0.05, 0.1) is 6.04 Å². The van der Waals surface area contributed by atoms with Crippen LogP contribution in [0, 0.1) is 5.92 Å². The highest BCUT2D eigenvalue weighted by Crippen LogP contribution is 2.40. The molecule has 1 aliphatic carbocycles. The molecule has 1 amide bonds. The summed E-state index contributed by atoms with van der Waals surface area (Å²) < 4.78 is 0.979. The third-order valence-corrected chi connectivity index (χ3v) is 3.78. The number of anilines is 1. The minimum absolute atomic E-state index is 0.00253. The highest BCUT2D eigenvalue weighted by Gasteiger charge is 2.47. The number of hydrogen-bond acceptors (Lipinski definition) is 2. The summed E-state index contributed by atoms with van der Waals surface area (Å²) in [4.78, 5) is 11.9. The zero-order chi connectivity index (χ0) is 11.1. The Morgan fingerprint density at radius 2 is 2.31 bits per heavy atom. The lowest BCUT2D eigenvalue weighted by atomic mass is 10.1. The average Bonchev–Trinajstić information content (AvgIpc) is 2.86. The van der Waals surface area contributed by atoms with Crippen LogP contribution in [0.25, 0.3) is 0 Å². The molecule has 3 nitrogen and oxygen atoms in total. The van der Waals surface area contributed by atoms with Gasteiger partial charge in [0.25, 0.3) is 0 Å². The minimum Gasteiger partial charge on any atom is -0.325 e. The van der Waals surface area contributed by atoms with Crippen LogP contribution >= 0.6 is 15.9 Å². The van der Waals surface area contributed by atoms with Gasteiger partial charge in [-0.15, -0.1) is 0 Å². The number of carbonyl (C=O) groups is 1. The number of carbonyl (C=O) groups excluding carboxylic acids is 1. The fraction of sp³-hybridized carbons (Fsp3) is 0.417. The van der Waals surface area contributed by atoms with Crippen molar-refractivity contribution in [2.75, 3.05) is 5.32 Å². The smallest absolute Gasteiger partial charge is 0.241 e. The number of piperidine rings is 1. The van der Waals surface area contributed by atoms with E-state index in [1.807, 2.05) is 24.3 Å². The highest BCUT2D eigenvalue weighted by molar-refractivity contribution is 9.10. The van der Waals surface area contributed by atoms with E-state index in [1.54, 1.807) is 0 Å². The molecule has 3 atom stereocenters. The number of amides is 1. The van der Waals surface area contributed by atoms with Crippen molar-refractivity contribution in [3.8, 4) is 0 Å². The van der Waals surface area contributed by atoms with Crippen LogP contribution in [0.2, 0.25) is 0 Å². The standard InChI is InChI=1S/C12H13BrN2O/c13-8-2-1-3-9(6-8)14-12(16)11-5-7-4-10(7)15-11/h1-3,6-7,10-11,15H,4-5H2,(H,14,16)/t7-,10?,11+/m1/s1. The Labute approximate surface area is 103 Å². The van der Waals surface area contributed by atoms with Crippen LogP contribution in [-0.2, 0) is 4.79 Å². The molecule has 1 saturated heterocycles. The topological polar surface area (TPSA) is 41.1 Å². The monoisotopic (exact) mass is 280 g/mol. The molecule has 2 fully saturated rings. The van der Waals surface area contributed by atoms with Gasteiger partial charge in [0.1, 0.15) is 0 Å². The Bertz CT molecular complexity index is 425. The maximum Gasteiger partial charge on any atom is 0.241 e. The van der Waals surface area contributed by atoms with E-state index in [4.69, 9.17) is 0 Å². The van der Waals surface area contributed by atoms with Crippen LogP contribution in [0.1, 0.15) is 12.8 Å². The molecule has 1 heterocycles. The van der Waals surface area contributed by atoms with E-state index in [0.717, 1.165) is 22.5 Å². The van der Waals surface area contributed by atoms with E-state index < -0.39 is 0 Å². The molecule has 16 heavy (non-hydrogen) atoms. The third-order valence-electron chi connectivity index (χ3n) is 3.28. The van der Waals surface area contributed by atoms with Crippen molar-refractivity contribution in [3.05, 3.63) is 28.7 Å².